The predicted molar refractivity (Wildman–Crippen MR) is 70.0 cm³/mol. The van der Waals surface area contributed by atoms with Gasteiger partial charge in [-0.15, -0.1) is 0 Å². The van der Waals surface area contributed by atoms with Crippen LogP contribution in [0.1, 0.15) is 25.5 Å². The average Bonchev–Trinajstić information content (AvgIpc) is 2.28. The van der Waals surface area contributed by atoms with Gasteiger partial charge in [0.15, 0.2) is 0 Å². The molecule has 17 heavy (non-hydrogen) atoms. The lowest BCUT2D eigenvalue weighted by molar-refractivity contribution is -0.0720. The average molecular weight is 230 g/mol. The maximum Gasteiger partial charge on any atom is 0.110 e. The Bertz CT molecular complexity index is 512. The highest BCUT2D eigenvalue weighted by molar-refractivity contribution is 5.83. The van der Waals surface area contributed by atoms with Gasteiger partial charge >= 0.3 is 0 Å². The SMILES string of the molecule is COC(c1ccc2ccccc2c1)C(C)(C)O. The van der Waals surface area contributed by atoms with Crippen molar-refractivity contribution in [1.29, 1.82) is 0 Å². The summed E-state index contributed by atoms with van der Waals surface area (Å²) in [6.07, 6.45) is -0.313. The molecule has 90 valence electrons. The first-order valence-electron chi connectivity index (χ1n) is 5.76. The molecule has 0 aliphatic rings. The minimum atomic E-state index is -0.892. The van der Waals surface area contributed by atoms with Gasteiger partial charge in [-0.2, -0.15) is 0 Å². The molecule has 1 unspecified atom stereocenters. The van der Waals surface area contributed by atoms with Crippen LogP contribution in [0.25, 0.3) is 10.8 Å². The second kappa shape index (κ2) is 4.47. The normalized spacial score (nSPS) is 13.9. The summed E-state index contributed by atoms with van der Waals surface area (Å²) in [5, 5.41) is 12.4. The Morgan fingerprint density at radius 3 is 2.29 bits per heavy atom. The van der Waals surface area contributed by atoms with E-state index in [9.17, 15) is 5.11 Å². The summed E-state index contributed by atoms with van der Waals surface area (Å²) in [4.78, 5) is 0. The van der Waals surface area contributed by atoms with Gasteiger partial charge in [0.05, 0.1) is 5.60 Å². The molecule has 0 heterocycles. The van der Waals surface area contributed by atoms with Crippen molar-refractivity contribution in [2.75, 3.05) is 7.11 Å². The molecular formula is C15H18O2. The van der Waals surface area contributed by atoms with E-state index < -0.39 is 5.60 Å². The minimum Gasteiger partial charge on any atom is -0.387 e. The number of methoxy groups -OCH3 is 1. The molecule has 1 N–H and O–H groups in total. The van der Waals surface area contributed by atoms with Crippen LogP contribution in [0.2, 0.25) is 0 Å². The highest BCUT2D eigenvalue weighted by atomic mass is 16.5. The second-order valence-corrected chi connectivity index (χ2v) is 4.88. The fourth-order valence-electron chi connectivity index (χ4n) is 2.20. The van der Waals surface area contributed by atoms with Crippen molar-refractivity contribution >= 4 is 10.8 Å². The van der Waals surface area contributed by atoms with Crippen LogP contribution in [0.4, 0.5) is 0 Å². The van der Waals surface area contributed by atoms with Crippen molar-refractivity contribution in [1.82, 2.24) is 0 Å². The highest BCUT2D eigenvalue weighted by Crippen LogP contribution is 2.30. The summed E-state index contributed by atoms with van der Waals surface area (Å²) in [5.74, 6) is 0. The van der Waals surface area contributed by atoms with Crippen LogP contribution in [-0.2, 0) is 4.74 Å². The smallest absolute Gasteiger partial charge is 0.110 e. The van der Waals surface area contributed by atoms with Gasteiger partial charge in [-0.05, 0) is 36.2 Å². The van der Waals surface area contributed by atoms with Gasteiger partial charge in [0, 0.05) is 7.11 Å². The van der Waals surface area contributed by atoms with Crippen LogP contribution >= 0.6 is 0 Å². The Hall–Kier alpha value is -1.38. The van der Waals surface area contributed by atoms with Crippen LogP contribution in [0.15, 0.2) is 42.5 Å². The van der Waals surface area contributed by atoms with Gasteiger partial charge in [0.2, 0.25) is 0 Å². The zero-order chi connectivity index (χ0) is 12.5. The summed E-state index contributed by atoms with van der Waals surface area (Å²) in [6, 6.07) is 14.3. The number of ether oxygens (including phenoxy) is 1. The molecular weight excluding hydrogens is 212 g/mol. The first kappa shape index (κ1) is 12.1. The fraction of sp³-hybridized carbons (Fsp3) is 0.333. The van der Waals surface area contributed by atoms with E-state index in [2.05, 4.69) is 24.3 Å². The first-order valence-corrected chi connectivity index (χ1v) is 5.76. The largest absolute Gasteiger partial charge is 0.387 e. The van der Waals surface area contributed by atoms with E-state index in [1.807, 2.05) is 18.2 Å². The summed E-state index contributed by atoms with van der Waals surface area (Å²) >= 11 is 0. The molecule has 0 saturated heterocycles. The van der Waals surface area contributed by atoms with Gasteiger partial charge < -0.3 is 9.84 Å². The van der Waals surface area contributed by atoms with Crippen LogP contribution in [0.3, 0.4) is 0 Å². The summed E-state index contributed by atoms with van der Waals surface area (Å²) in [7, 11) is 1.62. The summed E-state index contributed by atoms with van der Waals surface area (Å²) in [5.41, 5.74) is 0.107. The number of benzene rings is 2. The van der Waals surface area contributed by atoms with Crippen molar-refractivity contribution in [3.8, 4) is 0 Å². The molecule has 0 spiro atoms. The number of aliphatic hydroxyl groups is 1. The molecule has 0 amide bonds. The molecule has 0 fully saturated rings. The minimum absolute atomic E-state index is 0.313. The van der Waals surface area contributed by atoms with Crippen molar-refractivity contribution < 1.29 is 9.84 Å². The van der Waals surface area contributed by atoms with E-state index in [0.717, 1.165) is 10.9 Å². The molecule has 0 radical (unpaired) electrons. The highest BCUT2D eigenvalue weighted by Gasteiger charge is 2.28. The second-order valence-electron chi connectivity index (χ2n) is 4.88. The summed E-state index contributed by atoms with van der Waals surface area (Å²) in [6.45, 7) is 3.52. The number of hydrogen-bond donors (Lipinski definition) is 1. The molecule has 0 saturated carbocycles. The third-order valence-corrected chi connectivity index (χ3v) is 2.95. The van der Waals surface area contributed by atoms with Crippen LogP contribution in [-0.4, -0.2) is 17.8 Å². The third-order valence-electron chi connectivity index (χ3n) is 2.95. The van der Waals surface area contributed by atoms with E-state index in [0.29, 0.717) is 0 Å². The zero-order valence-corrected chi connectivity index (χ0v) is 10.5. The molecule has 2 heteroatoms. The Kier molecular flexibility index (Phi) is 3.18. The third kappa shape index (κ3) is 2.48. The van der Waals surface area contributed by atoms with Crippen LogP contribution in [0.5, 0.6) is 0 Å². The van der Waals surface area contributed by atoms with Crippen molar-refractivity contribution in [3.05, 3.63) is 48.0 Å². The van der Waals surface area contributed by atoms with E-state index in [1.165, 1.54) is 5.39 Å². The molecule has 0 aliphatic heterocycles. The number of fused-ring (bicyclic) bond motifs is 1. The van der Waals surface area contributed by atoms with E-state index in [1.54, 1.807) is 21.0 Å². The molecule has 2 rings (SSSR count). The van der Waals surface area contributed by atoms with Gasteiger partial charge in [-0.25, -0.2) is 0 Å². The Morgan fingerprint density at radius 1 is 1.06 bits per heavy atom. The standard InChI is InChI=1S/C15H18O2/c1-15(2,16)14(17-3)13-9-8-11-6-4-5-7-12(11)10-13/h4-10,14,16H,1-3H3. The topological polar surface area (TPSA) is 29.5 Å². The molecule has 1 atom stereocenters. The van der Waals surface area contributed by atoms with E-state index >= 15 is 0 Å². The van der Waals surface area contributed by atoms with Crippen molar-refractivity contribution in [3.63, 3.8) is 0 Å². The van der Waals surface area contributed by atoms with Gasteiger partial charge in [-0.3, -0.25) is 0 Å². The van der Waals surface area contributed by atoms with Gasteiger partial charge in [0.25, 0.3) is 0 Å². The number of hydrogen-bond acceptors (Lipinski definition) is 2. The quantitative estimate of drug-likeness (QED) is 0.876. The van der Waals surface area contributed by atoms with Gasteiger partial charge in [0.1, 0.15) is 6.10 Å². The predicted octanol–water partition coefficient (Wildman–Crippen LogP) is 3.30. The maximum atomic E-state index is 10.1. The molecule has 2 aromatic rings. The Morgan fingerprint density at radius 2 is 1.71 bits per heavy atom. The molecule has 0 aliphatic carbocycles. The Balaban J connectivity index is 2.48. The molecule has 0 bridgehead atoms. The van der Waals surface area contributed by atoms with E-state index in [4.69, 9.17) is 4.74 Å². The molecule has 2 aromatic carbocycles. The summed E-state index contributed by atoms with van der Waals surface area (Å²) < 4.78 is 5.40. The molecule has 0 aromatic heterocycles. The van der Waals surface area contributed by atoms with Gasteiger partial charge in [-0.1, -0.05) is 36.4 Å². The maximum absolute atomic E-state index is 10.1. The van der Waals surface area contributed by atoms with Crippen LogP contribution in [0, 0.1) is 0 Å². The lowest BCUT2D eigenvalue weighted by Gasteiger charge is -2.28. The van der Waals surface area contributed by atoms with E-state index in [-0.39, 0.29) is 6.10 Å². The monoisotopic (exact) mass is 230 g/mol. The number of rotatable bonds is 3. The Labute approximate surface area is 102 Å². The first-order chi connectivity index (χ1) is 8.02. The lowest BCUT2D eigenvalue weighted by Crippen LogP contribution is -2.30. The zero-order valence-electron chi connectivity index (χ0n) is 10.5. The molecule has 2 nitrogen and oxygen atoms in total. The lowest BCUT2D eigenvalue weighted by atomic mass is 9.93. The van der Waals surface area contributed by atoms with Crippen molar-refractivity contribution in [2.45, 2.75) is 25.6 Å². The fourth-order valence-corrected chi connectivity index (χ4v) is 2.20. The van der Waals surface area contributed by atoms with Crippen molar-refractivity contribution in [2.24, 2.45) is 0 Å². The van der Waals surface area contributed by atoms with Crippen LogP contribution < -0.4 is 0 Å².